The van der Waals surface area contributed by atoms with Crippen LogP contribution in [0.2, 0.25) is 0 Å². The fourth-order valence-electron chi connectivity index (χ4n) is 2.69. The van der Waals surface area contributed by atoms with Gasteiger partial charge < -0.3 is 4.74 Å². The molecule has 0 aliphatic heterocycles. The first kappa shape index (κ1) is 10.5. The molecule has 0 radical (unpaired) electrons. The van der Waals surface area contributed by atoms with Crippen molar-refractivity contribution in [3.8, 4) is 6.07 Å². The monoisotopic (exact) mass is 225 g/mol. The Balaban J connectivity index is 2.22. The van der Waals surface area contributed by atoms with Gasteiger partial charge >= 0.3 is 5.97 Å². The van der Waals surface area contributed by atoms with E-state index in [4.69, 9.17) is 21.6 Å². The van der Waals surface area contributed by atoms with E-state index in [9.17, 15) is 4.79 Å². The van der Waals surface area contributed by atoms with Crippen LogP contribution in [-0.2, 0) is 9.53 Å². The van der Waals surface area contributed by atoms with Gasteiger partial charge in [0.15, 0.2) is 0 Å². The molecule has 80 valence electrons. The second-order valence-corrected chi connectivity index (χ2v) is 4.62. The molecule has 1 fully saturated rings. The second-order valence-electron chi connectivity index (χ2n) is 4.18. The molecule has 15 heavy (non-hydrogen) atoms. The number of halogens is 1. The number of methoxy groups -OCH3 is 1. The van der Waals surface area contributed by atoms with E-state index >= 15 is 0 Å². The van der Waals surface area contributed by atoms with Crippen LogP contribution in [-0.4, -0.2) is 13.1 Å². The number of allylic oxidation sites excluding steroid dienone is 2. The molecule has 0 spiro atoms. The minimum Gasteiger partial charge on any atom is -0.469 e. The van der Waals surface area contributed by atoms with Crippen LogP contribution >= 0.6 is 11.6 Å². The molecule has 0 heterocycles. The van der Waals surface area contributed by atoms with Gasteiger partial charge in [0, 0.05) is 5.03 Å². The minimum atomic E-state index is -0.224. The highest BCUT2D eigenvalue weighted by molar-refractivity contribution is 6.30. The van der Waals surface area contributed by atoms with Gasteiger partial charge in [-0.25, -0.2) is 0 Å². The molecule has 2 aliphatic carbocycles. The molecule has 0 saturated heterocycles. The summed E-state index contributed by atoms with van der Waals surface area (Å²) >= 11 is 6.01. The highest BCUT2D eigenvalue weighted by Crippen LogP contribution is 2.48. The first-order chi connectivity index (χ1) is 7.17. The molecule has 0 aromatic heterocycles. The summed E-state index contributed by atoms with van der Waals surface area (Å²) in [6.45, 7) is 0. The molecule has 3 nitrogen and oxygen atoms in total. The lowest BCUT2D eigenvalue weighted by Gasteiger charge is -2.20. The Morgan fingerprint density at radius 2 is 2.40 bits per heavy atom. The fraction of sp³-hybridized carbons (Fsp3) is 0.636. The summed E-state index contributed by atoms with van der Waals surface area (Å²) in [5, 5.41) is 9.57. The summed E-state index contributed by atoms with van der Waals surface area (Å²) in [7, 11) is 1.40. The van der Waals surface area contributed by atoms with E-state index in [1.807, 2.05) is 6.08 Å². The van der Waals surface area contributed by atoms with Crippen LogP contribution in [0, 0.1) is 35.0 Å². The van der Waals surface area contributed by atoms with Crippen molar-refractivity contribution in [2.24, 2.45) is 23.7 Å². The number of carbonyl (C=O) groups is 1. The SMILES string of the molecule is COC(=O)C1CC2CC1C=C(Cl)C2C#N. The number of rotatable bonds is 1. The quantitative estimate of drug-likeness (QED) is 0.642. The number of nitriles is 1. The van der Waals surface area contributed by atoms with Gasteiger partial charge in [0.2, 0.25) is 0 Å². The molecule has 2 aliphatic rings. The molecule has 0 aromatic rings. The highest BCUT2D eigenvalue weighted by Gasteiger charge is 2.45. The zero-order valence-corrected chi connectivity index (χ0v) is 9.20. The van der Waals surface area contributed by atoms with Crippen molar-refractivity contribution in [2.45, 2.75) is 12.8 Å². The Kier molecular flexibility index (Phi) is 2.70. The van der Waals surface area contributed by atoms with Crippen LogP contribution in [0.25, 0.3) is 0 Å². The lowest BCUT2D eigenvalue weighted by atomic mass is 9.86. The van der Waals surface area contributed by atoms with Crippen LogP contribution in [0.1, 0.15) is 12.8 Å². The summed E-state index contributed by atoms with van der Waals surface area (Å²) in [5.41, 5.74) is 0. The molecular weight excluding hydrogens is 214 g/mol. The molecule has 4 heteroatoms. The largest absolute Gasteiger partial charge is 0.469 e. The molecule has 0 aromatic carbocycles. The van der Waals surface area contributed by atoms with Gasteiger partial charge in [-0.05, 0) is 24.7 Å². The average molecular weight is 226 g/mol. The molecule has 4 atom stereocenters. The minimum absolute atomic E-state index is 0.105. The van der Waals surface area contributed by atoms with Crippen molar-refractivity contribution in [3.63, 3.8) is 0 Å². The van der Waals surface area contributed by atoms with Gasteiger partial charge in [-0.2, -0.15) is 5.26 Å². The number of hydrogen-bond donors (Lipinski definition) is 0. The van der Waals surface area contributed by atoms with E-state index in [1.54, 1.807) is 0 Å². The fourth-order valence-corrected chi connectivity index (χ4v) is 3.08. The predicted molar refractivity (Wildman–Crippen MR) is 54.8 cm³/mol. The smallest absolute Gasteiger partial charge is 0.309 e. The normalized spacial score (nSPS) is 38.1. The van der Waals surface area contributed by atoms with Crippen molar-refractivity contribution < 1.29 is 9.53 Å². The van der Waals surface area contributed by atoms with Crippen molar-refractivity contribution in [1.82, 2.24) is 0 Å². The number of hydrogen-bond acceptors (Lipinski definition) is 3. The molecule has 0 amide bonds. The summed E-state index contributed by atoms with van der Waals surface area (Å²) < 4.78 is 4.75. The molecule has 4 unspecified atom stereocenters. The number of esters is 1. The Labute approximate surface area is 93.7 Å². The van der Waals surface area contributed by atoms with Gasteiger partial charge in [-0.1, -0.05) is 17.7 Å². The summed E-state index contributed by atoms with van der Waals surface area (Å²) in [5.74, 6) is -0.118. The van der Waals surface area contributed by atoms with E-state index in [0.29, 0.717) is 5.03 Å². The third-order valence-corrected chi connectivity index (χ3v) is 3.79. The Morgan fingerprint density at radius 1 is 1.67 bits per heavy atom. The number of fused-ring (bicyclic) bond motifs is 2. The van der Waals surface area contributed by atoms with Crippen LogP contribution in [0.5, 0.6) is 0 Å². The third-order valence-electron chi connectivity index (χ3n) is 3.43. The Morgan fingerprint density at radius 3 is 3.00 bits per heavy atom. The van der Waals surface area contributed by atoms with Gasteiger partial charge in [0.25, 0.3) is 0 Å². The van der Waals surface area contributed by atoms with Crippen molar-refractivity contribution in [2.75, 3.05) is 7.11 Å². The Bertz CT molecular complexity index is 358. The number of nitrogens with zero attached hydrogens (tertiary/aromatic N) is 1. The average Bonchev–Trinajstić information content (AvgIpc) is 2.56. The van der Waals surface area contributed by atoms with Gasteiger partial charge in [-0.15, -0.1) is 0 Å². The summed E-state index contributed by atoms with van der Waals surface area (Å²) in [6, 6.07) is 2.21. The van der Waals surface area contributed by atoms with Crippen LogP contribution in [0.15, 0.2) is 11.1 Å². The van der Waals surface area contributed by atoms with E-state index in [0.717, 1.165) is 12.8 Å². The van der Waals surface area contributed by atoms with Crippen LogP contribution < -0.4 is 0 Å². The number of ether oxygens (including phenoxy) is 1. The van der Waals surface area contributed by atoms with Crippen molar-refractivity contribution in [3.05, 3.63) is 11.1 Å². The van der Waals surface area contributed by atoms with E-state index in [1.165, 1.54) is 7.11 Å². The predicted octanol–water partition coefficient (Wildman–Crippen LogP) is 2.08. The first-order valence-electron chi connectivity index (χ1n) is 5.02. The lowest BCUT2D eigenvalue weighted by Crippen LogP contribution is -2.19. The zero-order valence-electron chi connectivity index (χ0n) is 8.44. The number of carbonyl (C=O) groups excluding carboxylic acids is 1. The van der Waals surface area contributed by atoms with Gasteiger partial charge in [0.05, 0.1) is 25.0 Å². The Hall–Kier alpha value is -1.01. The molecule has 0 N–H and O–H groups in total. The van der Waals surface area contributed by atoms with Gasteiger partial charge in [-0.3, -0.25) is 4.79 Å². The maximum absolute atomic E-state index is 11.5. The zero-order chi connectivity index (χ0) is 11.0. The second kappa shape index (κ2) is 3.86. The lowest BCUT2D eigenvalue weighted by molar-refractivity contribution is -0.146. The standard InChI is InChI=1S/C11H12ClNO2/c1-15-11(14)8-3-6-2-7(8)4-10(12)9(6)5-13/h4,6-9H,2-3H2,1H3. The van der Waals surface area contributed by atoms with Crippen LogP contribution in [0.4, 0.5) is 0 Å². The third kappa shape index (κ3) is 1.63. The topological polar surface area (TPSA) is 50.1 Å². The van der Waals surface area contributed by atoms with E-state index in [-0.39, 0.29) is 29.6 Å². The van der Waals surface area contributed by atoms with E-state index < -0.39 is 0 Å². The molecule has 2 rings (SSSR count). The maximum atomic E-state index is 11.5. The van der Waals surface area contributed by atoms with Crippen LogP contribution in [0.3, 0.4) is 0 Å². The van der Waals surface area contributed by atoms with Gasteiger partial charge in [0.1, 0.15) is 0 Å². The first-order valence-corrected chi connectivity index (χ1v) is 5.39. The van der Waals surface area contributed by atoms with Crippen molar-refractivity contribution >= 4 is 17.6 Å². The molecule has 1 saturated carbocycles. The van der Waals surface area contributed by atoms with Crippen molar-refractivity contribution in [1.29, 1.82) is 5.26 Å². The summed E-state index contributed by atoms with van der Waals surface area (Å²) in [4.78, 5) is 11.5. The molecular formula is C11H12ClNO2. The highest BCUT2D eigenvalue weighted by atomic mass is 35.5. The van der Waals surface area contributed by atoms with E-state index in [2.05, 4.69) is 6.07 Å². The summed E-state index contributed by atoms with van der Waals surface area (Å²) in [6.07, 6.45) is 3.47. The molecule has 2 bridgehead atoms. The maximum Gasteiger partial charge on any atom is 0.309 e.